The van der Waals surface area contributed by atoms with Crippen molar-refractivity contribution in [2.24, 2.45) is 0 Å². The molecule has 0 aliphatic carbocycles. The van der Waals surface area contributed by atoms with E-state index >= 15 is 0 Å². The fourth-order valence-electron chi connectivity index (χ4n) is 6.97. The van der Waals surface area contributed by atoms with Crippen LogP contribution in [0.15, 0.2) is 66.7 Å². The van der Waals surface area contributed by atoms with Crippen molar-refractivity contribution in [1.29, 1.82) is 0 Å². The van der Waals surface area contributed by atoms with Gasteiger partial charge >= 0.3 is 12.4 Å². The zero-order valence-electron chi connectivity index (χ0n) is 24.2. The Balaban J connectivity index is 1.85. The molecule has 12 heteroatoms. The van der Waals surface area contributed by atoms with Gasteiger partial charge in [-0.3, -0.25) is 9.80 Å². The monoisotopic (exact) mass is 659 g/mol. The Kier molecular flexibility index (Phi) is 8.85. The van der Waals surface area contributed by atoms with Gasteiger partial charge in [0.25, 0.3) is 0 Å². The first-order valence-corrected chi connectivity index (χ1v) is 15.1. The molecule has 44 heavy (non-hydrogen) atoms. The van der Waals surface area contributed by atoms with Crippen molar-refractivity contribution in [1.82, 2.24) is 15.1 Å². The maximum absolute atomic E-state index is 14.3. The van der Waals surface area contributed by atoms with E-state index in [-0.39, 0.29) is 42.6 Å². The van der Waals surface area contributed by atoms with Gasteiger partial charge in [0, 0.05) is 32.6 Å². The largest absolute Gasteiger partial charge is 0.416 e. The predicted molar refractivity (Wildman–Crippen MR) is 158 cm³/mol. The first-order chi connectivity index (χ1) is 20.5. The fourth-order valence-corrected chi connectivity index (χ4v) is 7.27. The van der Waals surface area contributed by atoms with Crippen LogP contribution in [0.2, 0.25) is 10.0 Å². The number of piperidine rings is 1. The van der Waals surface area contributed by atoms with Crippen LogP contribution in [0.3, 0.4) is 0 Å². The third-order valence-corrected chi connectivity index (χ3v) is 9.90. The lowest BCUT2D eigenvalue weighted by molar-refractivity contribution is -0.199. The minimum absolute atomic E-state index is 0.148. The lowest BCUT2D eigenvalue weighted by Crippen LogP contribution is -2.72. The molecule has 5 rings (SSSR count). The van der Waals surface area contributed by atoms with Crippen molar-refractivity contribution in [3.05, 3.63) is 105 Å². The van der Waals surface area contributed by atoms with E-state index in [0.717, 1.165) is 12.1 Å². The summed E-state index contributed by atoms with van der Waals surface area (Å²) in [5.74, 6) is 0. The number of piperazine rings is 1. The average molecular weight is 661 g/mol. The predicted octanol–water partition coefficient (Wildman–Crippen LogP) is 8.01. The fraction of sp³-hybridized carbons (Fsp3) is 0.438. The Labute approximate surface area is 262 Å². The molecule has 3 aromatic rings. The summed E-state index contributed by atoms with van der Waals surface area (Å²) in [6.07, 6.45) is -10.1. The molecule has 0 bridgehead atoms. The molecule has 2 aliphatic heterocycles. The van der Waals surface area contributed by atoms with E-state index in [1.54, 1.807) is 48.5 Å². The highest BCUT2D eigenvalue weighted by molar-refractivity contribution is 6.42. The molecule has 0 aromatic heterocycles. The Morgan fingerprint density at radius 3 is 2.02 bits per heavy atom. The molecule has 2 heterocycles. The average Bonchev–Trinajstić information content (AvgIpc) is 2.98. The van der Waals surface area contributed by atoms with Gasteiger partial charge in [0.05, 0.1) is 32.3 Å². The second-order valence-electron chi connectivity index (χ2n) is 11.7. The van der Waals surface area contributed by atoms with E-state index in [2.05, 4.69) is 5.32 Å². The Hall–Kier alpha value is -2.34. The molecule has 0 saturated carbocycles. The van der Waals surface area contributed by atoms with E-state index in [4.69, 9.17) is 23.2 Å². The maximum atomic E-state index is 14.3. The molecule has 0 spiro atoms. The van der Waals surface area contributed by atoms with Gasteiger partial charge in [0.2, 0.25) is 0 Å². The molecule has 238 valence electrons. The van der Waals surface area contributed by atoms with Crippen LogP contribution in [-0.4, -0.2) is 47.6 Å². The number of halogens is 8. The normalized spacial score (nSPS) is 27.4. The molecular formula is C32H33Cl2F6N3O. The van der Waals surface area contributed by atoms with E-state index < -0.39 is 40.3 Å². The minimum Gasteiger partial charge on any atom is -0.385 e. The summed E-state index contributed by atoms with van der Waals surface area (Å²) in [6, 6.07) is 15.6. The Morgan fingerprint density at radius 2 is 1.45 bits per heavy atom. The zero-order valence-corrected chi connectivity index (χ0v) is 25.7. The number of hydrogen-bond donors (Lipinski definition) is 2. The number of aliphatic hydroxyl groups is 1. The van der Waals surface area contributed by atoms with Gasteiger partial charge in [-0.15, -0.1) is 0 Å². The lowest BCUT2D eigenvalue weighted by atomic mass is 9.71. The van der Waals surface area contributed by atoms with Gasteiger partial charge in [-0.05, 0) is 66.9 Å². The van der Waals surface area contributed by atoms with Crippen molar-refractivity contribution < 1.29 is 31.4 Å². The highest BCUT2D eigenvalue weighted by atomic mass is 35.5. The van der Waals surface area contributed by atoms with E-state index in [9.17, 15) is 31.4 Å². The van der Waals surface area contributed by atoms with Crippen LogP contribution in [-0.2, 0) is 29.2 Å². The number of nitrogens with one attached hydrogen (secondary N) is 1. The van der Waals surface area contributed by atoms with Gasteiger partial charge in [0.1, 0.15) is 5.66 Å². The number of rotatable bonds is 5. The first-order valence-electron chi connectivity index (χ1n) is 14.3. The van der Waals surface area contributed by atoms with Crippen molar-refractivity contribution in [3.63, 3.8) is 0 Å². The van der Waals surface area contributed by atoms with E-state index in [0.29, 0.717) is 35.8 Å². The van der Waals surface area contributed by atoms with E-state index in [1.165, 1.54) is 0 Å². The summed E-state index contributed by atoms with van der Waals surface area (Å²) >= 11 is 12.7. The lowest BCUT2D eigenvalue weighted by Gasteiger charge is -2.63. The smallest absolute Gasteiger partial charge is 0.385 e. The molecule has 4 nitrogen and oxygen atoms in total. The van der Waals surface area contributed by atoms with E-state index in [1.807, 2.05) is 23.6 Å². The molecule has 2 N–H and O–H groups in total. The third kappa shape index (κ3) is 5.85. The van der Waals surface area contributed by atoms with Crippen LogP contribution in [0.1, 0.15) is 54.5 Å². The molecule has 2 aliphatic rings. The highest BCUT2D eigenvalue weighted by Gasteiger charge is 2.58. The summed E-state index contributed by atoms with van der Waals surface area (Å²) in [6.45, 7) is 5.16. The van der Waals surface area contributed by atoms with Crippen LogP contribution >= 0.6 is 23.2 Å². The van der Waals surface area contributed by atoms with Gasteiger partial charge in [0.15, 0.2) is 0 Å². The van der Waals surface area contributed by atoms with Gasteiger partial charge in [-0.25, -0.2) is 0 Å². The molecule has 3 atom stereocenters. The van der Waals surface area contributed by atoms with Crippen LogP contribution in [0, 0.1) is 0 Å². The minimum atomic E-state index is -5.05. The molecule has 0 amide bonds. The Morgan fingerprint density at radius 1 is 0.818 bits per heavy atom. The summed E-state index contributed by atoms with van der Waals surface area (Å²) < 4.78 is 85.7. The van der Waals surface area contributed by atoms with Crippen molar-refractivity contribution in [3.8, 4) is 0 Å². The van der Waals surface area contributed by atoms with Crippen molar-refractivity contribution in [2.75, 3.05) is 32.7 Å². The summed E-state index contributed by atoms with van der Waals surface area (Å²) in [7, 11) is 0. The van der Waals surface area contributed by atoms with Crippen molar-refractivity contribution >= 4 is 23.2 Å². The standard InChI is InChI=1S/C32H33Cl2F6N3O/c1-3-42-13-11-29(44,21-7-5-4-6-8-21)19-30(42,23-15-24(31(35,36)37)17-25(16-23)32(38,39)40)43-14-12-41-20-28(43,2)22-9-10-26(33)27(34)18-22/h4-10,15-18,41,44H,3,11-14,19-20H2,1-2H3. The van der Waals surface area contributed by atoms with Crippen molar-refractivity contribution in [2.45, 2.75) is 55.8 Å². The second-order valence-corrected chi connectivity index (χ2v) is 12.6. The van der Waals surface area contributed by atoms with Crippen LogP contribution in [0.5, 0.6) is 0 Å². The van der Waals surface area contributed by atoms with Crippen LogP contribution < -0.4 is 5.32 Å². The number of alkyl halides is 6. The van der Waals surface area contributed by atoms with Gasteiger partial charge < -0.3 is 10.4 Å². The number of likely N-dealkylation sites (tertiary alicyclic amines) is 1. The number of nitrogens with zero attached hydrogens (tertiary/aromatic N) is 2. The SMILES string of the molecule is CCN1CCC(O)(c2ccccc2)CC1(c1cc(C(F)(F)F)cc(C(F)(F)F)c1)N1CCNCC1(C)c1ccc(Cl)c(Cl)c1. The molecule has 3 aromatic carbocycles. The molecular weight excluding hydrogens is 627 g/mol. The Bertz CT molecular complexity index is 1470. The summed E-state index contributed by atoms with van der Waals surface area (Å²) in [4.78, 5) is 3.84. The number of benzene rings is 3. The maximum Gasteiger partial charge on any atom is 0.416 e. The summed E-state index contributed by atoms with van der Waals surface area (Å²) in [5.41, 5.74) is -5.97. The third-order valence-electron chi connectivity index (χ3n) is 9.17. The highest BCUT2D eigenvalue weighted by Crippen LogP contribution is 2.54. The molecule has 2 saturated heterocycles. The van der Waals surface area contributed by atoms with Crippen LogP contribution in [0.25, 0.3) is 0 Å². The summed E-state index contributed by atoms with van der Waals surface area (Å²) in [5, 5.41) is 16.2. The molecule has 0 radical (unpaired) electrons. The molecule has 2 fully saturated rings. The first kappa shape index (κ1) is 33.0. The van der Waals surface area contributed by atoms with Gasteiger partial charge in [-0.2, -0.15) is 26.3 Å². The quantitative estimate of drug-likeness (QED) is 0.272. The second kappa shape index (κ2) is 11.8. The molecule has 3 unspecified atom stereocenters. The zero-order chi connectivity index (χ0) is 32.1. The number of hydrogen-bond acceptors (Lipinski definition) is 4. The topological polar surface area (TPSA) is 38.7 Å². The van der Waals surface area contributed by atoms with Crippen LogP contribution in [0.4, 0.5) is 26.3 Å². The van der Waals surface area contributed by atoms with Gasteiger partial charge in [-0.1, -0.05) is 66.5 Å².